The van der Waals surface area contributed by atoms with Gasteiger partial charge in [0.25, 0.3) is 5.91 Å². The normalized spacial score (nSPS) is 11.2. The van der Waals surface area contributed by atoms with Crippen LogP contribution in [0.15, 0.2) is 48.5 Å². The fraction of sp³-hybridized carbons (Fsp3) is 0.278. The van der Waals surface area contributed by atoms with Crippen molar-refractivity contribution in [1.29, 1.82) is 0 Å². The lowest BCUT2D eigenvalue weighted by Gasteiger charge is -2.11. The number of hydrogen-bond acceptors (Lipinski definition) is 4. The van der Waals surface area contributed by atoms with Crippen LogP contribution in [-0.2, 0) is 16.6 Å². The number of sulfonamides is 1. The zero-order valence-corrected chi connectivity index (χ0v) is 15.3. The second kappa shape index (κ2) is 8.02. The van der Waals surface area contributed by atoms with E-state index < -0.39 is 10.0 Å². The summed E-state index contributed by atoms with van der Waals surface area (Å²) in [5.74, 6) is 0.466. The van der Waals surface area contributed by atoms with Gasteiger partial charge in [-0.15, -0.1) is 0 Å². The zero-order chi connectivity index (χ0) is 18.4. The summed E-state index contributed by atoms with van der Waals surface area (Å²) in [7, 11) is -3.39. The van der Waals surface area contributed by atoms with Crippen LogP contribution in [0.3, 0.4) is 0 Å². The third kappa shape index (κ3) is 6.46. The van der Waals surface area contributed by atoms with Gasteiger partial charge < -0.3 is 10.1 Å². The monoisotopic (exact) mass is 362 g/mol. The van der Waals surface area contributed by atoms with Crippen LogP contribution < -0.4 is 14.8 Å². The van der Waals surface area contributed by atoms with Crippen molar-refractivity contribution in [3.8, 4) is 5.75 Å². The van der Waals surface area contributed by atoms with Gasteiger partial charge in [-0.3, -0.25) is 9.52 Å². The second-order valence-corrected chi connectivity index (χ2v) is 7.70. The maximum atomic E-state index is 12.3. The fourth-order valence-corrected chi connectivity index (χ4v) is 2.78. The standard InChI is InChI=1S/C18H22N2O4S/c1-13(2)24-17-9-4-6-14(10-17)12-19-18(21)15-7-5-8-16(11-15)20-25(3,22)23/h4-11,13,20H,12H2,1-3H3,(H,19,21). The van der Waals surface area contributed by atoms with Crippen molar-refractivity contribution in [2.45, 2.75) is 26.5 Å². The number of nitrogens with one attached hydrogen (secondary N) is 2. The van der Waals surface area contributed by atoms with E-state index in [-0.39, 0.29) is 12.0 Å². The number of anilines is 1. The summed E-state index contributed by atoms with van der Waals surface area (Å²) < 4.78 is 30.5. The smallest absolute Gasteiger partial charge is 0.251 e. The first-order chi connectivity index (χ1) is 11.7. The molecule has 0 aliphatic carbocycles. The van der Waals surface area contributed by atoms with Crippen LogP contribution in [-0.4, -0.2) is 26.7 Å². The van der Waals surface area contributed by atoms with Gasteiger partial charge in [0, 0.05) is 17.8 Å². The number of rotatable bonds is 7. The fourth-order valence-electron chi connectivity index (χ4n) is 2.22. The number of ether oxygens (including phenoxy) is 1. The Bertz CT molecular complexity index is 848. The topological polar surface area (TPSA) is 84.5 Å². The van der Waals surface area contributed by atoms with Crippen LogP contribution in [0.1, 0.15) is 29.8 Å². The molecule has 0 atom stereocenters. The minimum absolute atomic E-state index is 0.0786. The Morgan fingerprint density at radius 1 is 1.12 bits per heavy atom. The van der Waals surface area contributed by atoms with Crippen molar-refractivity contribution in [1.82, 2.24) is 5.32 Å². The average molecular weight is 362 g/mol. The maximum absolute atomic E-state index is 12.3. The summed E-state index contributed by atoms with van der Waals surface area (Å²) in [5, 5.41) is 2.81. The van der Waals surface area contributed by atoms with Crippen LogP contribution >= 0.6 is 0 Å². The molecule has 0 fully saturated rings. The van der Waals surface area contributed by atoms with Gasteiger partial charge in [-0.1, -0.05) is 18.2 Å². The molecule has 0 bridgehead atoms. The molecule has 0 radical (unpaired) electrons. The molecule has 134 valence electrons. The molecular formula is C18H22N2O4S. The Hall–Kier alpha value is -2.54. The largest absolute Gasteiger partial charge is 0.491 e. The minimum Gasteiger partial charge on any atom is -0.491 e. The Kier molecular flexibility index (Phi) is 6.03. The van der Waals surface area contributed by atoms with Gasteiger partial charge in [-0.05, 0) is 49.7 Å². The molecule has 0 aliphatic rings. The van der Waals surface area contributed by atoms with Crippen molar-refractivity contribution in [2.24, 2.45) is 0 Å². The molecular weight excluding hydrogens is 340 g/mol. The number of amides is 1. The van der Waals surface area contributed by atoms with Crippen LogP contribution in [0.5, 0.6) is 5.75 Å². The molecule has 1 amide bonds. The SMILES string of the molecule is CC(C)Oc1cccc(CNC(=O)c2cccc(NS(C)(=O)=O)c2)c1. The van der Waals surface area contributed by atoms with Crippen molar-refractivity contribution >= 4 is 21.6 Å². The van der Waals surface area contributed by atoms with Gasteiger partial charge in [-0.25, -0.2) is 8.42 Å². The minimum atomic E-state index is -3.39. The molecule has 0 aliphatic heterocycles. The lowest BCUT2D eigenvalue weighted by Crippen LogP contribution is -2.23. The van der Waals surface area contributed by atoms with E-state index in [4.69, 9.17) is 4.74 Å². The van der Waals surface area contributed by atoms with E-state index in [0.717, 1.165) is 17.6 Å². The van der Waals surface area contributed by atoms with Gasteiger partial charge in [0.15, 0.2) is 0 Å². The summed E-state index contributed by atoms with van der Waals surface area (Å²) in [5.41, 5.74) is 1.64. The van der Waals surface area contributed by atoms with Gasteiger partial charge in [0.05, 0.1) is 12.4 Å². The van der Waals surface area contributed by atoms with Gasteiger partial charge in [-0.2, -0.15) is 0 Å². The van der Waals surface area contributed by atoms with Crippen LogP contribution in [0.4, 0.5) is 5.69 Å². The summed E-state index contributed by atoms with van der Waals surface area (Å²) in [4.78, 5) is 12.3. The molecule has 0 saturated heterocycles. The Morgan fingerprint density at radius 3 is 2.52 bits per heavy atom. The predicted octanol–water partition coefficient (Wildman–Crippen LogP) is 2.78. The molecule has 25 heavy (non-hydrogen) atoms. The first-order valence-corrected chi connectivity index (χ1v) is 9.74. The van der Waals surface area contributed by atoms with Crippen LogP contribution in [0, 0.1) is 0 Å². The van der Waals surface area contributed by atoms with E-state index in [1.165, 1.54) is 6.07 Å². The molecule has 0 heterocycles. The highest BCUT2D eigenvalue weighted by Crippen LogP contribution is 2.15. The highest BCUT2D eigenvalue weighted by Gasteiger charge is 2.08. The molecule has 6 nitrogen and oxygen atoms in total. The van der Waals surface area contributed by atoms with Gasteiger partial charge in [0.2, 0.25) is 10.0 Å². The first kappa shape index (κ1) is 18.8. The Morgan fingerprint density at radius 2 is 1.84 bits per heavy atom. The van der Waals surface area contributed by atoms with E-state index in [2.05, 4.69) is 10.0 Å². The van der Waals surface area contributed by atoms with E-state index in [1.54, 1.807) is 18.2 Å². The Balaban J connectivity index is 2.02. The molecule has 7 heteroatoms. The predicted molar refractivity (Wildman–Crippen MR) is 98.3 cm³/mol. The lowest BCUT2D eigenvalue weighted by atomic mass is 10.1. The molecule has 2 rings (SSSR count). The second-order valence-electron chi connectivity index (χ2n) is 5.95. The molecule has 2 N–H and O–H groups in total. The molecule has 0 saturated carbocycles. The third-order valence-electron chi connectivity index (χ3n) is 3.15. The average Bonchev–Trinajstić information content (AvgIpc) is 2.51. The van der Waals surface area contributed by atoms with Gasteiger partial charge >= 0.3 is 0 Å². The highest BCUT2D eigenvalue weighted by atomic mass is 32.2. The lowest BCUT2D eigenvalue weighted by molar-refractivity contribution is 0.0951. The summed E-state index contributed by atoms with van der Waals surface area (Å²) in [6, 6.07) is 13.8. The molecule has 2 aromatic carbocycles. The number of carbonyl (C=O) groups excluding carboxylic acids is 1. The van der Waals surface area contributed by atoms with Crippen LogP contribution in [0.25, 0.3) is 0 Å². The molecule has 0 spiro atoms. The maximum Gasteiger partial charge on any atom is 0.251 e. The molecule has 0 unspecified atom stereocenters. The molecule has 2 aromatic rings. The van der Waals surface area contributed by atoms with Gasteiger partial charge in [0.1, 0.15) is 5.75 Å². The quantitative estimate of drug-likeness (QED) is 0.793. The van der Waals surface area contributed by atoms with Crippen molar-refractivity contribution < 1.29 is 17.9 Å². The number of benzene rings is 2. The Labute approximate surface area is 148 Å². The summed E-state index contributed by atoms with van der Waals surface area (Å²) in [6.07, 6.45) is 1.14. The van der Waals surface area contributed by atoms with E-state index in [0.29, 0.717) is 17.8 Å². The van der Waals surface area contributed by atoms with E-state index in [1.807, 2.05) is 38.1 Å². The van der Waals surface area contributed by atoms with Crippen molar-refractivity contribution in [3.63, 3.8) is 0 Å². The molecule has 0 aromatic heterocycles. The first-order valence-electron chi connectivity index (χ1n) is 7.84. The van der Waals surface area contributed by atoms with Crippen molar-refractivity contribution in [2.75, 3.05) is 11.0 Å². The number of hydrogen-bond donors (Lipinski definition) is 2. The van der Waals surface area contributed by atoms with E-state index >= 15 is 0 Å². The van der Waals surface area contributed by atoms with E-state index in [9.17, 15) is 13.2 Å². The zero-order valence-electron chi connectivity index (χ0n) is 14.4. The summed E-state index contributed by atoms with van der Waals surface area (Å²) >= 11 is 0. The summed E-state index contributed by atoms with van der Waals surface area (Å²) in [6.45, 7) is 4.25. The van der Waals surface area contributed by atoms with Crippen LogP contribution in [0.2, 0.25) is 0 Å². The third-order valence-corrected chi connectivity index (χ3v) is 3.76. The number of carbonyl (C=O) groups is 1. The highest BCUT2D eigenvalue weighted by molar-refractivity contribution is 7.92. The van der Waals surface area contributed by atoms with Crippen molar-refractivity contribution in [3.05, 3.63) is 59.7 Å².